The number of fused-ring (bicyclic) bond motifs is 13. The maximum atomic E-state index is 6.28. The summed E-state index contributed by atoms with van der Waals surface area (Å²) >= 11 is 0. The van der Waals surface area contributed by atoms with Crippen molar-refractivity contribution in [2.24, 2.45) is 0 Å². The summed E-state index contributed by atoms with van der Waals surface area (Å²) in [5.41, 5.74) is 20.5. The Morgan fingerprint density at radius 1 is 0.265 bits per heavy atom. The molecule has 0 atom stereocenters. The van der Waals surface area contributed by atoms with Crippen LogP contribution >= 0.6 is 0 Å². The Morgan fingerprint density at radius 2 is 0.765 bits per heavy atom. The number of rotatable bonds is 6. The van der Waals surface area contributed by atoms with Crippen LogP contribution in [0.15, 0.2) is 241 Å². The highest BCUT2D eigenvalue weighted by molar-refractivity contribution is 6.07. The summed E-state index contributed by atoms with van der Waals surface area (Å²) in [6.45, 7) is 0. The van der Waals surface area contributed by atoms with Gasteiger partial charge in [0.2, 0.25) is 0 Å². The van der Waals surface area contributed by atoms with Crippen molar-refractivity contribution in [1.29, 1.82) is 0 Å². The van der Waals surface area contributed by atoms with E-state index in [1.165, 1.54) is 38.9 Å². The number of para-hydroxylation sites is 1. The molecule has 68 heavy (non-hydrogen) atoms. The van der Waals surface area contributed by atoms with Gasteiger partial charge in [0.05, 0.1) is 5.41 Å². The van der Waals surface area contributed by atoms with Crippen molar-refractivity contribution >= 4 is 21.9 Å². The molecule has 14 rings (SSSR count). The van der Waals surface area contributed by atoms with E-state index in [-0.39, 0.29) is 0 Å². The van der Waals surface area contributed by atoms with Gasteiger partial charge < -0.3 is 4.42 Å². The molecule has 2 aromatic heterocycles. The summed E-state index contributed by atoms with van der Waals surface area (Å²) in [6.07, 6.45) is 0. The predicted molar refractivity (Wildman–Crippen MR) is 276 cm³/mol. The summed E-state index contributed by atoms with van der Waals surface area (Å²) in [4.78, 5) is 16.2. The van der Waals surface area contributed by atoms with Crippen LogP contribution in [0.4, 0.5) is 0 Å². The average Bonchev–Trinajstić information content (AvgIpc) is 4.05. The summed E-state index contributed by atoms with van der Waals surface area (Å²) in [7, 11) is 0. The van der Waals surface area contributed by atoms with Gasteiger partial charge in [0.25, 0.3) is 0 Å². The number of furan rings is 1. The summed E-state index contributed by atoms with van der Waals surface area (Å²) in [6, 6.07) is 84.6. The van der Waals surface area contributed by atoms with Crippen molar-refractivity contribution in [2.45, 2.75) is 5.41 Å². The molecule has 0 amide bonds. The van der Waals surface area contributed by atoms with Gasteiger partial charge in [-0.05, 0) is 120 Å². The van der Waals surface area contributed by atoms with E-state index in [2.05, 4.69) is 206 Å². The van der Waals surface area contributed by atoms with Gasteiger partial charge in [-0.2, -0.15) is 0 Å². The Labute approximate surface area is 393 Å². The molecule has 0 bridgehead atoms. The zero-order valence-electron chi connectivity index (χ0n) is 36.8. The van der Waals surface area contributed by atoms with Crippen LogP contribution in [0.3, 0.4) is 0 Å². The number of hydrogen-bond donors (Lipinski definition) is 0. The first-order chi connectivity index (χ1) is 33.7. The number of benzene rings is 10. The van der Waals surface area contributed by atoms with Crippen molar-refractivity contribution in [3.63, 3.8) is 0 Å². The molecule has 0 unspecified atom stereocenters. The fourth-order valence-electron chi connectivity index (χ4n) is 11.2. The monoisotopic (exact) mass is 865 g/mol. The minimum absolute atomic E-state index is 0.594. The number of nitrogens with zero attached hydrogens (tertiary/aromatic N) is 3. The standard InChI is InChI=1S/C64H39N3O/c1-4-17-40(18-5-1)45-35-46(41-19-6-2-7-20-41)37-47(36-45)62-65-61(42-21-8-3-9-22-42)66-63(67-62)52-26-16-29-56-60(52)51-33-31-44(43-32-34-59-53(38-43)50-25-12-15-30-58(50)68-59)39-57(51)64(56)54-27-13-10-23-48(54)49-24-11-14-28-55(49)64/h1-39H. The van der Waals surface area contributed by atoms with Crippen molar-refractivity contribution in [3.8, 4) is 89.8 Å². The van der Waals surface area contributed by atoms with E-state index in [0.717, 1.165) is 77.6 Å². The van der Waals surface area contributed by atoms with Crippen LogP contribution < -0.4 is 0 Å². The minimum Gasteiger partial charge on any atom is -0.456 e. The lowest BCUT2D eigenvalue weighted by atomic mass is 9.70. The van der Waals surface area contributed by atoms with Gasteiger partial charge in [0.15, 0.2) is 17.5 Å². The predicted octanol–water partition coefficient (Wildman–Crippen LogP) is 16.1. The highest BCUT2D eigenvalue weighted by Gasteiger charge is 2.52. The Hall–Kier alpha value is -8.99. The Morgan fingerprint density at radius 3 is 1.46 bits per heavy atom. The quantitative estimate of drug-likeness (QED) is 0.167. The van der Waals surface area contributed by atoms with Crippen LogP contribution in [-0.4, -0.2) is 15.0 Å². The molecule has 2 aliphatic rings. The van der Waals surface area contributed by atoms with E-state index in [1.807, 2.05) is 30.3 Å². The van der Waals surface area contributed by atoms with Crippen molar-refractivity contribution in [3.05, 3.63) is 259 Å². The first kappa shape index (κ1) is 38.3. The first-order valence-electron chi connectivity index (χ1n) is 23.2. The summed E-state index contributed by atoms with van der Waals surface area (Å²) in [5, 5.41) is 2.23. The maximum Gasteiger partial charge on any atom is 0.164 e. The van der Waals surface area contributed by atoms with Crippen LogP contribution in [0.5, 0.6) is 0 Å². The highest BCUT2D eigenvalue weighted by Crippen LogP contribution is 2.64. The third-order valence-corrected chi connectivity index (χ3v) is 14.1. The van der Waals surface area contributed by atoms with Crippen LogP contribution in [0.25, 0.3) is 112 Å². The molecule has 0 aliphatic heterocycles. The van der Waals surface area contributed by atoms with E-state index in [9.17, 15) is 0 Å². The molecule has 10 aromatic carbocycles. The zero-order valence-corrected chi connectivity index (χ0v) is 36.8. The van der Waals surface area contributed by atoms with Gasteiger partial charge in [-0.15, -0.1) is 0 Å². The molecule has 316 valence electrons. The molecule has 0 saturated carbocycles. The molecule has 4 nitrogen and oxygen atoms in total. The lowest BCUT2D eigenvalue weighted by Crippen LogP contribution is -2.25. The van der Waals surface area contributed by atoms with E-state index in [4.69, 9.17) is 19.4 Å². The largest absolute Gasteiger partial charge is 0.456 e. The Kier molecular flexibility index (Phi) is 8.46. The number of aromatic nitrogens is 3. The second kappa shape index (κ2) is 15.0. The van der Waals surface area contributed by atoms with Crippen LogP contribution in [-0.2, 0) is 5.41 Å². The van der Waals surface area contributed by atoms with E-state index in [1.54, 1.807) is 0 Å². The molecule has 1 spiro atoms. The Bertz CT molecular complexity index is 3860. The fourth-order valence-corrected chi connectivity index (χ4v) is 11.2. The minimum atomic E-state index is -0.594. The second-order valence-corrected chi connectivity index (χ2v) is 17.8. The molecule has 12 aromatic rings. The molecule has 0 N–H and O–H groups in total. The van der Waals surface area contributed by atoms with Gasteiger partial charge in [-0.3, -0.25) is 0 Å². The van der Waals surface area contributed by atoms with E-state index in [0.29, 0.717) is 17.5 Å². The normalized spacial score (nSPS) is 12.8. The summed E-state index contributed by atoms with van der Waals surface area (Å²) < 4.78 is 6.28. The van der Waals surface area contributed by atoms with Crippen molar-refractivity contribution in [1.82, 2.24) is 15.0 Å². The molecule has 0 radical (unpaired) electrons. The lowest BCUT2D eigenvalue weighted by molar-refractivity contribution is 0.669. The van der Waals surface area contributed by atoms with Crippen LogP contribution in [0.1, 0.15) is 22.3 Å². The molecular formula is C64H39N3O. The molecule has 4 heteroatoms. The topological polar surface area (TPSA) is 51.8 Å². The van der Waals surface area contributed by atoms with Crippen molar-refractivity contribution in [2.75, 3.05) is 0 Å². The number of hydrogen-bond acceptors (Lipinski definition) is 4. The highest BCUT2D eigenvalue weighted by atomic mass is 16.3. The van der Waals surface area contributed by atoms with Gasteiger partial charge in [0.1, 0.15) is 11.2 Å². The first-order valence-corrected chi connectivity index (χ1v) is 23.2. The van der Waals surface area contributed by atoms with Gasteiger partial charge in [-0.1, -0.05) is 194 Å². The SMILES string of the molecule is c1ccc(-c2cc(-c3ccccc3)cc(-c3nc(-c4ccccc4)nc(-c4cccc5c4-c4ccc(-c6ccc7oc8ccccc8c7c6)cc4C54c5ccccc5-c5ccccc54)n3)c2)cc1. The maximum absolute atomic E-state index is 6.28. The van der Waals surface area contributed by atoms with E-state index >= 15 is 0 Å². The van der Waals surface area contributed by atoms with E-state index < -0.39 is 5.41 Å². The van der Waals surface area contributed by atoms with Gasteiger partial charge in [-0.25, -0.2) is 15.0 Å². The smallest absolute Gasteiger partial charge is 0.164 e. The third kappa shape index (κ3) is 5.77. The molecule has 2 heterocycles. The molecule has 0 fully saturated rings. The summed E-state index contributed by atoms with van der Waals surface area (Å²) in [5.74, 6) is 1.86. The van der Waals surface area contributed by atoms with Gasteiger partial charge >= 0.3 is 0 Å². The Balaban J connectivity index is 1.03. The zero-order chi connectivity index (χ0) is 44.8. The molecule has 2 aliphatic carbocycles. The van der Waals surface area contributed by atoms with Crippen molar-refractivity contribution < 1.29 is 4.42 Å². The van der Waals surface area contributed by atoms with Crippen LogP contribution in [0.2, 0.25) is 0 Å². The molecular weight excluding hydrogens is 827 g/mol. The second-order valence-electron chi connectivity index (χ2n) is 17.8. The lowest BCUT2D eigenvalue weighted by Gasteiger charge is -2.30. The molecule has 0 saturated heterocycles. The third-order valence-electron chi connectivity index (χ3n) is 14.1. The fraction of sp³-hybridized carbons (Fsp3) is 0.0156. The van der Waals surface area contributed by atoms with Gasteiger partial charge in [0, 0.05) is 27.5 Å². The van der Waals surface area contributed by atoms with Crippen LogP contribution in [0, 0.1) is 0 Å². The average molecular weight is 866 g/mol.